The van der Waals surface area contributed by atoms with Gasteiger partial charge in [0.05, 0.1) is 12.5 Å². The molecule has 3 heteroatoms. The maximum absolute atomic E-state index is 12.2. The van der Waals surface area contributed by atoms with Crippen molar-refractivity contribution in [2.24, 2.45) is 5.41 Å². The second-order valence-electron chi connectivity index (χ2n) is 5.94. The van der Waals surface area contributed by atoms with Crippen LogP contribution in [0.1, 0.15) is 12.0 Å². The van der Waals surface area contributed by atoms with Gasteiger partial charge in [0.15, 0.2) is 0 Å². The van der Waals surface area contributed by atoms with Crippen LogP contribution in [0.5, 0.6) is 0 Å². The normalized spacial score (nSPS) is 20.8. The van der Waals surface area contributed by atoms with Crippen molar-refractivity contribution in [2.45, 2.75) is 12.8 Å². The summed E-state index contributed by atoms with van der Waals surface area (Å²) in [5.41, 5.74) is 3.16. The van der Waals surface area contributed by atoms with Crippen molar-refractivity contribution in [3.05, 3.63) is 60.2 Å². The highest BCUT2D eigenvalue weighted by Gasteiger charge is 2.42. The molecule has 0 aliphatic carbocycles. The van der Waals surface area contributed by atoms with E-state index in [1.54, 1.807) is 0 Å². The van der Waals surface area contributed by atoms with Crippen molar-refractivity contribution < 1.29 is 9.53 Å². The number of benzene rings is 2. The zero-order chi connectivity index (χ0) is 15.4. The molecule has 2 aromatic rings. The fourth-order valence-electron chi connectivity index (χ4n) is 3.19. The second-order valence-corrected chi connectivity index (χ2v) is 5.94. The molecule has 1 aliphatic rings. The molecule has 1 N–H and O–H groups in total. The van der Waals surface area contributed by atoms with Crippen LogP contribution in [0.4, 0.5) is 0 Å². The maximum atomic E-state index is 12.2. The Labute approximate surface area is 131 Å². The van der Waals surface area contributed by atoms with E-state index in [0.29, 0.717) is 6.54 Å². The van der Waals surface area contributed by atoms with E-state index in [1.807, 2.05) is 18.2 Å². The summed E-state index contributed by atoms with van der Waals surface area (Å²) in [5.74, 6) is -0.107. The summed E-state index contributed by atoms with van der Waals surface area (Å²) in [5, 5.41) is 3.29. The molecule has 3 rings (SSSR count). The Morgan fingerprint density at radius 3 is 2.36 bits per heavy atom. The minimum atomic E-state index is -0.414. The van der Waals surface area contributed by atoms with Crippen LogP contribution >= 0.6 is 0 Å². The van der Waals surface area contributed by atoms with Crippen LogP contribution in [0.25, 0.3) is 11.1 Å². The standard InChI is InChI=1S/C19H21NO2/c1-22-18(21)19(11-12-20-14-19)13-15-7-9-17(10-8-15)16-5-3-2-4-6-16/h2-10,20H,11-14H2,1H3. The van der Waals surface area contributed by atoms with Crippen LogP contribution in [0, 0.1) is 5.41 Å². The molecule has 1 heterocycles. The molecule has 0 spiro atoms. The van der Waals surface area contributed by atoms with Crippen LogP contribution < -0.4 is 5.32 Å². The van der Waals surface area contributed by atoms with Gasteiger partial charge in [0.1, 0.15) is 0 Å². The van der Waals surface area contributed by atoms with Gasteiger partial charge in [-0.1, -0.05) is 54.6 Å². The van der Waals surface area contributed by atoms with Crippen molar-refractivity contribution in [2.75, 3.05) is 20.2 Å². The summed E-state index contributed by atoms with van der Waals surface area (Å²) < 4.78 is 5.02. The third kappa shape index (κ3) is 2.90. The average molecular weight is 295 g/mol. The minimum Gasteiger partial charge on any atom is -0.469 e. The van der Waals surface area contributed by atoms with Crippen molar-refractivity contribution >= 4 is 5.97 Å². The molecule has 1 fully saturated rings. The molecule has 1 saturated heterocycles. The molecule has 0 radical (unpaired) electrons. The number of carbonyl (C=O) groups excluding carboxylic acids is 1. The van der Waals surface area contributed by atoms with Gasteiger partial charge < -0.3 is 10.1 Å². The van der Waals surface area contributed by atoms with E-state index in [-0.39, 0.29) is 5.97 Å². The molecule has 0 bridgehead atoms. The lowest BCUT2D eigenvalue weighted by atomic mass is 9.80. The van der Waals surface area contributed by atoms with Gasteiger partial charge in [0.2, 0.25) is 0 Å². The monoisotopic (exact) mass is 295 g/mol. The van der Waals surface area contributed by atoms with Crippen molar-refractivity contribution in [1.29, 1.82) is 0 Å². The van der Waals surface area contributed by atoms with Gasteiger partial charge in [-0.15, -0.1) is 0 Å². The zero-order valence-electron chi connectivity index (χ0n) is 12.8. The first-order chi connectivity index (χ1) is 10.7. The topological polar surface area (TPSA) is 38.3 Å². The van der Waals surface area contributed by atoms with Gasteiger partial charge in [-0.3, -0.25) is 4.79 Å². The molecule has 2 aromatic carbocycles. The Morgan fingerprint density at radius 1 is 1.09 bits per heavy atom. The predicted octanol–water partition coefficient (Wildman–Crippen LogP) is 3.05. The van der Waals surface area contributed by atoms with Gasteiger partial charge >= 0.3 is 5.97 Å². The lowest BCUT2D eigenvalue weighted by molar-refractivity contribution is -0.151. The zero-order valence-corrected chi connectivity index (χ0v) is 12.8. The van der Waals surface area contributed by atoms with E-state index in [4.69, 9.17) is 4.74 Å². The van der Waals surface area contributed by atoms with Gasteiger partial charge in [0, 0.05) is 6.54 Å². The average Bonchev–Trinajstić information content (AvgIpc) is 3.05. The largest absolute Gasteiger partial charge is 0.469 e. The van der Waals surface area contributed by atoms with Crippen LogP contribution in [0.2, 0.25) is 0 Å². The van der Waals surface area contributed by atoms with Gasteiger partial charge in [-0.25, -0.2) is 0 Å². The summed E-state index contributed by atoms with van der Waals surface area (Å²) in [6, 6.07) is 18.8. The highest BCUT2D eigenvalue weighted by Crippen LogP contribution is 2.32. The molecule has 3 nitrogen and oxygen atoms in total. The molecule has 22 heavy (non-hydrogen) atoms. The Kier molecular flexibility index (Phi) is 4.25. The molecule has 0 aromatic heterocycles. The number of hydrogen-bond acceptors (Lipinski definition) is 3. The van der Waals surface area contributed by atoms with E-state index in [9.17, 15) is 4.79 Å². The third-order valence-corrected chi connectivity index (χ3v) is 4.47. The Balaban J connectivity index is 1.80. The smallest absolute Gasteiger partial charge is 0.313 e. The fourth-order valence-corrected chi connectivity index (χ4v) is 3.19. The summed E-state index contributed by atoms with van der Waals surface area (Å²) >= 11 is 0. The van der Waals surface area contributed by atoms with Crippen molar-refractivity contribution in [3.8, 4) is 11.1 Å². The van der Waals surface area contributed by atoms with Crippen molar-refractivity contribution in [3.63, 3.8) is 0 Å². The number of esters is 1. The summed E-state index contributed by atoms with van der Waals surface area (Å²) in [6.45, 7) is 1.57. The quantitative estimate of drug-likeness (QED) is 0.881. The number of methoxy groups -OCH3 is 1. The van der Waals surface area contributed by atoms with Crippen LogP contribution in [0.3, 0.4) is 0 Å². The van der Waals surface area contributed by atoms with Crippen LogP contribution in [-0.2, 0) is 16.0 Å². The summed E-state index contributed by atoms with van der Waals surface area (Å²) in [7, 11) is 1.47. The summed E-state index contributed by atoms with van der Waals surface area (Å²) in [4.78, 5) is 12.2. The maximum Gasteiger partial charge on any atom is 0.313 e. The lowest BCUT2D eigenvalue weighted by Gasteiger charge is -2.25. The molecule has 1 aliphatic heterocycles. The minimum absolute atomic E-state index is 0.107. The number of nitrogens with one attached hydrogen (secondary N) is 1. The molecule has 0 amide bonds. The number of rotatable bonds is 4. The van der Waals surface area contributed by atoms with Crippen LogP contribution in [-0.4, -0.2) is 26.2 Å². The second kappa shape index (κ2) is 6.32. The number of hydrogen-bond donors (Lipinski definition) is 1. The molecule has 114 valence electrons. The molecular formula is C19H21NO2. The third-order valence-electron chi connectivity index (χ3n) is 4.47. The SMILES string of the molecule is COC(=O)C1(Cc2ccc(-c3ccccc3)cc2)CCNC1. The predicted molar refractivity (Wildman–Crippen MR) is 87.5 cm³/mol. The van der Waals surface area contributed by atoms with Gasteiger partial charge in [-0.05, 0) is 36.1 Å². The molecule has 0 saturated carbocycles. The molecular weight excluding hydrogens is 274 g/mol. The van der Waals surface area contributed by atoms with Crippen LogP contribution in [0.15, 0.2) is 54.6 Å². The first-order valence-corrected chi connectivity index (χ1v) is 7.67. The molecule has 1 atom stereocenters. The molecule has 1 unspecified atom stereocenters. The van der Waals surface area contributed by atoms with Gasteiger partial charge in [-0.2, -0.15) is 0 Å². The number of ether oxygens (including phenoxy) is 1. The van der Waals surface area contributed by atoms with E-state index >= 15 is 0 Å². The lowest BCUT2D eigenvalue weighted by Crippen LogP contribution is -2.36. The first-order valence-electron chi connectivity index (χ1n) is 7.67. The van der Waals surface area contributed by atoms with Gasteiger partial charge in [0.25, 0.3) is 0 Å². The van der Waals surface area contributed by atoms with E-state index in [2.05, 4.69) is 41.7 Å². The Bertz CT molecular complexity index is 628. The Morgan fingerprint density at radius 2 is 1.77 bits per heavy atom. The highest BCUT2D eigenvalue weighted by molar-refractivity contribution is 5.78. The number of carbonyl (C=O) groups is 1. The van der Waals surface area contributed by atoms with E-state index in [0.717, 1.165) is 19.4 Å². The Hall–Kier alpha value is -2.13. The fraction of sp³-hybridized carbons (Fsp3) is 0.316. The van der Waals surface area contributed by atoms with E-state index in [1.165, 1.54) is 23.8 Å². The van der Waals surface area contributed by atoms with E-state index < -0.39 is 5.41 Å². The van der Waals surface area contributed by atoms with Crippen molar-refractivity contribution in [1.82, 2.24) is 5.32 Å². The summed E-state index contributed by atoms with van der Waals surface area (Å²) in [6.07, 6.45) is 1.56. The first kappa shape index (κ1) is 14.8. The highest BCUT2D eigenvalue weighted by atomic mass is 16.5.